The third-order valence-corrected chi connectivity index (χ3v) is 12.1. The van der Waals surface area contributed by atoms with Gasteiger partial charge in [-0.05, 0) is 99.1 Å². The van der Waals surface area contributed by atoms with Crippen LogP contribution in [-0.2, 0) is 5.41 Å². The van der Waals surface area contributed by atoms with Crippen molar-refractivity contribution < 1.29 is 0 Å². The molecule has 0 saturated heterocycles. The standard InChI is InChI=1S/C46H36ClN/c1-27-15-17-30(18-16-27)36-26-41-37(24-28(36)2)33-21-19-32(31-20-22-42(47)29(3)23-31)25-40(33)46(41)38-11-5-7-14-44(38)48-43-13-6-4-9-34(43)35-10-8-12-39(46)45(35)48/h4-23,25-26,28-29,42H,24H2,1-3H3. The van der Waals surface area contributed by atoms with E-state index in [1.165, 1.54) is 88.7 Å². The number of fused-ring (bicyclic) bond motifs is 11. The zero-order valence-corrected chi connectivity index (χ0v) is 28.2. The third-order valence-electron chi connectivity index (χ3n) is 11.6. The largest absolute Gasteiger partial charge is 0.309 e. The fraction of sp³-hybridized carbons (Fsp3) is 0.174. The topological polar surface area (TPSA) is 4.93 Å². The average Bonchev–Trinajstić information content (AvgIpc) is 3.59. The second-order valence-corrected chi connectivity index (χ2v) is 14.8. The van der Waals surface area contributed by atoms with Gasteiger partial charge in [-0.15, -0.1) is 11.6 Å². The van der Waals surface area contributed by atoms with Gasteiger partial charge in [0, 0.05) is 10.8 Å². The van der Waals surface area contributed by atoms with Gasteiger partial charge in [0.15, 0.2) is 0 Å². The van der Waals surface area contributed by atoms with Crippen LogP contribution in [0.2, 0.25) is 0 Å². The highest BCUT2D eigenvalue weighted by Crippen LogP contribution is 2.63. The summed E-state index contributed by atoms with van der Waals surface area (Å²) in [5.41, 5.74) is 18.4. The van der Waals surface area contributed by atoms with Gasteiger partial charge in [0.1, 0.15) is 0 Å². The first-order chi connectivity index (χ1) is 23.4. The molecule has 3 aliphatic carbocycles. The summed E-state index contributed by atoms with van der Waals surface area (Å²) in [4.78, 5) is 0. The van der Waals surface area contributed by atoms with Crippen molar-refractivity contribution in [2.75, 3.05) is 0 Å². The Balaban J connectivity index is 1.35. The molecule has 2 heterocycles. The number of para-hydroxylation sites is 3. The summed E-state index contributed by atoms with van der Waals surface area (Å²) in [6, 6.07) is 41.5. The van der Waals surface area contributed by atoms with Crippen molar-refractivity contribution in [3.8, 4) is 5.69 Å². The van der Waals surface area contributed by atoms with Gasteiger partial charge in [-0.2, -0.15) is 0 Å². The minimum absolute atomic E-state index is 0.0278. The van der Waals surface area contributed by atoms with Crippen molar-refractivity contribution in [3.05, 3.63) is 178 Å². The van der Waals surface area contributed by atoms with E-state index in [1.807, 2.05) is 0 Å². The van der Waals surface area contributed by atoms with Gasteiger partial charge in [0.05, 0.1) is 27.5 Å². The Morgan fingerprint density at radius 3 is 2.35 bits per heavy atom. The Labute approximate surface area is 287 Å². The first-order valence-corrected chi connectivity index (χ1v) is 17.7. The predicted octanol–water partition coefficient (Wildman–Crippen LogP) is 11.8. The molecule has 6 aromatic rings. The number of aryl methyl sites for hydroxylation is 1. The molecule has 1 aromatic heterocycles. The van der Waals surface area contributed by atoms with E-state index in [2.05, 4.69) is 159 Å². The van der Waals surface area contributed by atoms with Crippen LogP contribution in [0.15, 0.2) is 139 Å². The maximum absolute atomic E-state index is 6.64. The van der Waals surface area contributed by atoms with E-state index in [-0.39, 0.29) is 11.3 Å². The van der Waals surface area contributed by atoms with Crippen molar-refractivity contribution in [2.24, 2.45) is 11.8 Å². The lowest BCUT2D eigenvalue weighted by Crippen LogP contribution is -2.34. The molecule has 4 unspecified atom stereocenters. The van der Waals surface area contributed by atoms with Crippen LogP contribution >= 0.6 is 11.6 Å². The molecule has 232 valence electrons. The molecule has 0 bridgehead atoms. The minimum atomic E-state index is -0.461. The molecule has 2 heteroatoms. The van der Waals surface area contributed by atoms with E-state index in [1.54, 1.807) is 0 Å². The third kappa shape index (κ3) is 3.63. The first kappa shape index (κ1) is 28.2. The van der Waals surface area contributed by atoms with Crippen molar-refractivity contribution >= 4 is 50.1 Å². The fourth-order valence-corrected chi connectivity index (χ4v) is 9.48. The van der Waals surface area contributed by atoms with Crippen molar-refractivity contribution in [1.82, 2.24) is 4.57 Å². The highest BCUT2D eigenvalue weighted by molar-refractivity contribution is 6.22. The number of aromatic nitrogens is 1. The molecule has 0 fully saturated rings. The monoisotopic (exact) mass is 637 g/mol. The Bertz CT molecular complexity index is 2480. The summed E-state index contributed by atoms with van der Waals surface area (Å²) in [6.07, 6.45) is 10.3. The van der Waals surface area contributed by atoms with Crippen LogP contribution < -0.4 is 0 Å². The first-order valence-electron chi connectivity index (χ1n) is 17.3. The number of allylic oxidation sites excluding steroid dienone is 8. The van der Waals surface area contributed by atoms with Gasteiger partial charge >= 0.3 is 0 Å². The van der Waals surface area contributed by atoms with Gasteiger partial charge in [0.25, 0.3) is 0 Å². The molecular weight excluding hydrogens is 602 g/mol. The van der Waals surface area contributed by atoms with E-state index in [9.17, 15) is 0 Å². The summed E-state index contributed by atoms with van der Waals surface area (Å²) < 4.78 is 2.54. The highest BCUT2D eigenvalue weighted by atomic mass is 35.5. The maximum atomic E-state index is 6.64. The van der Waals surface area contributed by atoms with Crippen LogP contribution in [0.1, 0.15) is 59.2 Å². The van der Waals surface area contributed by atoms with Crippen LogP contribution in [0.4, 0.5) is 0 Å². The Morgan fingerprint density at radius 1 is 0.750 bits per heavy atom. The number of hydrogen-bond acceptors (Lipinski definition) is 0. The number of rotatable bonds is 2. The number of hydrogen-bond donors (Lipinski definition) is 0. The van der Waals surface area contributed by atoms with Gasteiger partial charge in [-0.1, -0.05) is 135 Å². The van der Waals surface area contributed by atoms with Crippen LogP contribution in [0.5, 0.6) is 0 Å². The summed E-state index contributed by atoms with van der Waals surface area (Å²) in [6.45, 7) is 6.79. The maximum Gasteiger partial charge on any atom is 0.0751 e. The van der Waals surface area contributed by atoms with Crippen LogP contribution in [0.25, 0.3) is 44.2 Å². The molecule has 0 amide bonds. The molecular formula is C46H36ClN. The van der Waals surface area contributed by atoms with E-state index in [4.69, 9.17) is 11.6 Å². The van der Waals surface area contributed by atoms with Gasteiger partial charge in [-0.3, -0.25) is 0 Å². The molecule has 4 aliphatic rings. The summed E-state index contributed by atoms with van der Waals surface area (Å²) in [5, 5.41) is 2.65. The molecule has 1 spiro atoms. The van der Waals surface area contributed by atoms with Gasteiger partial charge < -0.3 is 4.57 Å². The fourth-order valence-electron chi connectivity index (χ4n) is 9.33. The SMILES string of the molecule is Cc1ccc(C2=CC3=C(CC2C)c2ccc(C4=CC(C)C(Cl)C=C4)cc2C32c3ccccc3-n3c4ccccc4c4cccc2c43)cc1. The zero-order chi connectivity index (χ0) is 32.3. The lowest BCUT2D eigenvalue weighted by atomic mass is 9.63. The number of benzene rings is 5. The van der Waals surface area contributed by atoms with Crippen LogP contribution in [-0.4, -0.2) is 9.94 Å². The molecule has 4 atom stereocenters. The van der Waals surface area contributed by atoms with Crippen molar-refractivity contribution in [3.63, 3.8) is 0 Å². The molecule has 5 aromatic carbocycles. The molecule has 48 heavy (non-hydrogen) atoms. The van der Waals surface area contributed by atoms with Crippen LogP contribution in [0.3, 0.4) is 0 Å². The number of halogens is 1. The molecule has 1 nitrogen and oxygen atoms in total. The normalized spacial score (nSPS) is 23.7. The second kappa shape index (κ2) is 10.1. The minimum Gasteiger partial charge on any atom is -0.309 e. The summed E-state index contributed by atoms with van der Waals surface area (Å²) in [7, 11) is 0. The molecule has 0 N–H and O–H groups in total. The highest BCUT2D eigenvalue weighted by Gasteiger charge is 2.52. The van der Waals surface area contributed by atoms with E-state index in [0.29, 0.717) is 5.92 Å². The van der Waals surface area contributed by atoms with Gasteiger partial charge in [0.2, 0.25) is 0 Å². The second-order valence-electron chi connectivity index (χ2n) is 14.3. The Kier molecular flexibility index (Phi) is 5.92. The van der Waals surface area contributed by atoms with E-state index in [0.717, 1.165) is 6.42 Å². The molecule has 0 saturated carbocycles. The molecule has 0 radical (unpaired) electrons. The quantitative estimate of drug-likeness (QED) is 0.166. The summed E-state index contributed by atoms with van der Waals surface area (Å²) >= 11 is 6.64. The summed E-state index contributed by atoms with van der Waals surface area (Å²) in [5.74, 6) is 0.682. The number of nitrogens with zero attached hydrogens (tertiary/aromatic N) is 1. The average molecular weight is 638 g/mol. The smallest absolute Gasteiger partial charge is 0.0751 e. The van der Waals surface area contributed by atoms with E-state index >= 15 is 0 Å². The number of alkyl halides is 1. The molecule has 1 aliphatic heterocycles. The Hall–Kier alpha value is -4.85. The lowest BCUT2D eigenvalue weighted by molar-refractivity contribution is 0.720. The van der Waals surface area contributed by atoms with E-state index < -0.39 is 5.41 Å². The predicted molar refractivity (Wildman–Crippen MR) is 203 cm³/mol. The lowest BCUT2D eigenvalue weighted by Gasteiger charge is -2.41. The van der Waals surface area contributed by atoms with Gasteiger partial charge in [-0.25, -0.2) is 0 Å². The van der Waals surface area contributed by atoms with Crippen LogP contribution in [0, 0.1) is 18.8 Å². The zero-order valence-electron chi connectivity index (χ0n) is 27.5. The Morgan fingerprint density at radius 2 is 1.50 bits per heavy atom. The van der Waals surface area contributed by atoms with Crippen molar-refractivity contribution in [1.29, 1.82) is 0 Å². The molecule has 10 rings (SSSR count). The van der Waals surface area contributed by atoms with Crippen molar-refractivity contribution in [2.45, 2.75) is 38.0 Å².